The van der Waals surface area contributed by atoms with Crippen molar-refractivity contribution in [2.45, 2.75) is 19.0 Å². The molecule has 1 heterocycles. The smallest absolute Gasteiger partial charge is 0.306 e. The van der Waals surface area contributed by atoms with Gasteiger partial charge in [0.1, 0.15) is 0 Å². The highest BCUT2D eigenvalue weighted by Crippen LogP contribution is 2.25. The molecular formula is C19H17FN4O3S. The number of imidazole rings is 1. The van der Waals surface area contributed by atoms with Gasteiger partial charge in [-0.05, 0) is 43.2 Å². The first-order valence-electron chi connectivity index (χ1n) is 8.32. The second-order valence-electron chi connectivity index (χ2n) is 6.13. The Morgan fingerprint density at radius 3 is 2.82 bits per heavy atom. The summed E-state index contributed by atoms with van der Waals surface area (Å²) in [5.74, 6) is -1.28. The number of nitrogens with zero attached hydrogens (tertiary/aromatic N) is 3. The van der Waals surface area contributed by atoms with E-state index in [1.807, 2.05) is 42.8 Å². The molecule has 3 rings (SSSR count). The van der Waals surface area contributed by atoms with Crippen molar-refractivity contribution in [1.29, 1.82) is 0 Å². The van der Waals surface area contributed by atoms with E-state index in [0.717, 1.165) is 28.9 Å². The number of aryl methyl sites for hydroxylation is 2. The number of nitro groups is 1. The topological polar surface area (TPSA) is 90.1 Å². The lowest BCUT2D eigenvalue weighted by Gasteiger charge is -2.11. The normalized spacial score (nSPS) is 10.7. The Kier molecular flexibility index (Phi) is 5.74. The minimum Gasteiger partial charge on any atom is -0.325 e. The van der Waals surface area contributed by atoms with Crippen LogP contribution in [0.2, 0.25) is 0 Å². The van der Waals surface area contributed by atoms with E-state index in [1.165, 1.54) is 17.8 Å². The van der Waals surface area contributed by atoms with Crippen molar-refractivity contribution < 1.29 is 14.1 Å². The quantitative estimate of drug-likeness (QED) is 0.379. The standard InChI is InChI=1S/C19H17FN4O3S/c1-12-3-4-13(2)16(9-12)23-8-7-21-19(23)28-11-18(25)22-14-5-6-15(20)17(10-14)24(26)27/h3-10H,11H2,1-2H3,(H,22,25). The maximum Gasteiger partial charge on any atom is 0.306 e. The Hall–Kier alpha value is -3.20. The third-order valence-electron chi connectivity index (χ3n) is 3.99. The molecule has 0 bridgehead atoms. The average molecular weight is 400 g/mol. The van der Waals surface area contributed by atoms with Gasteiger partial charge < -0.3 is 5.32 Å². The van der Waals surface area contributed by atoms with Gasteiger partial charge in [0, 0.05) is 24.1 Å². The Balaban J connectivity index is 1.70. The van der Waals surface area contributed by atoms with Crippen LogP contribution in [0.5, 0.6) is 0 Å². The zero-order valence-electron chi connectivity index (χ0n) is 15.2. The van der Waals surface area contributed by atoms with Crippen molar-refractivity contribution in [2.24, 2.45) is 0 Å². The predicted molar refractivity (Wildman–Crippen MR) is 105 cm³/mol. The lowest BCUT2D eigenvalue weighted by molar-refractivity contribution is -0.387. The van der Waals surface area contributed by atoms with Gasteiger partial charge in [0.05, 0.1) is 16.4 Å². The Morgan fingerprint density at radius 2 is 2.07 bits per heavy atom. The summed E-state index contributed by atoms with van der Waals surface area (Å²) >= 11 is 1.24. The van der Waals surface area contributed by atoms with Crippen molar-refractivity contribution in [3.63, 3.8) is 0 Å². The maximum absolute atomic E-state index is 13.4. The van der Waals surface area contributed by atoms with Gasteiger partial charge in [0.15, 0.2) is 5.16 Å². The molecule has 0 atom stereocenters. The summed E-state index contributed by atoms with van der Waals surface area (Å²) in [5.41, 5.74) is 2.65. The molecule has 0 aliphatic heterocycles. The number of carbonyl (C=O) groups is 1. The molecule has 2 aromatic carbocycles. The highest BCUT2D eigenvalue weighted by molar-refractivity contribution is 7.99. The SMILES string of the molecule is Cc1ccc(C)c(-n2ccnc2SCC(=O)Nc2ccc(F)c([N+](=O)[O-])c2)c1. The van der Waals surface area contributed by atoms with Crippen molar-refractivity contribution >= 4 is 29.0 Å². The second kappa shape index (κ2) is 8.22. The number of carbonyl (C=O) groups excluding carboxylic acids is 1. The van der Waals surface area contributed by atoms with Gasteiger partial charge in [-0.3, -0.25) is 19.5 Å². The number of hydrogen-bond acceptors (Lipinski definition) is 5. The molecule has 0 unspecified atom stereocenters. The Morgan fingerprint density at radius 1 is 1.29 bits per heavy atom. The number of rotatable bonds is 6. The number of aromatic nitrogens is 2. The van der Waals surface area contributed by atoms with Crippen LogP contribution in [0.25, 0.3) is 5.69 Å². The van der Waals surface area contributed by atoms with Gasteiger partial charge in [-0.15, -0.1) is 0 Å². The second-order valence-corrected chi connectivity index (χ2v) is 7.07. The van der Waals surface area contributed by atoms with Gasteiger partial charge in [0.25, 0.3) is 0 Å². The average Bonchev–Trinajstić information content (AvgIpc) is 3.11. The van der Waals surface area contributed by atoms with Gasteiger partial charge in [0.2, 0.25) is 11.7 Å². The van der Waals surface area contributed by atoms with Crippen LogP contribution in [0.1, 0.15) is 11.1 Å². The molecule has 0 spiro atoms. The van der Waals surface area contributed by atoms with Gasteiger partial charge >= 0.3 is 5.69 Å². The van der Waals surface area contributed by atoms with Crippen molar-refractivity contribution in [1.82, 2.24) is 9.55 Å². The molecule has 1 aromatic heterocycles. The maximum atomic E-state index is 13.4. The summed E-state index contributed by atoms with van der Waals surface area (Å²) in [7, 11) is 0. The third-order valence-corrected chi connectivity index (χ3v) is 4.96. The zero-order chi connectivity index (χ0) is 20.3. The molecule has 3 aromatic rings. The van der Waals surface area contributed by atoms with E-state index in [1.54, 1.807) is 6.20 Å². The highest BCUT2D eigenvalue weighted by Gasteiger charge is 2.16. The number of benzene rings is 2. The zero-order valence-corrected chi connectivity index (χ0v) is 16.0. The van der Waals surface area contributed by atoms with E-state index < -0.39 is 16.4 Å². The molecule has 0 aliphatic rings. The molecular weight excluding hydrogens is 383 g/mol. The highest BCUT2D eigenvalue weighted by atomic mass is 32.2. The van der Waals surface area contributed by atoms with Gasteiger partial charge in [-0.25, -0.2) is 4.98 Å². The largest absolute Gasteiger partial charge is 0.325 e. The van der Waals surface area contributed by atoms with Crippen LogP contribution < -0.4 is 5.32 Å². The summed E-state index contributed by atoms with van der Waals surface area (Å²) in [5, 5.41) is 14.0. The number of nitro benzene ring substituents is 1. The summed E-state index contributed by atoms with van der Waals surface area (Å²) in [6.07, 6.45) is 3.48. The van der Waals surface area contributed by atoms with Crippen LogP contribution in [0, 0.1) is 29.8 Å². The van der Waals surface area contributed by atoms with E-state index >= 15 is 0 Å². The molecule has 0 radical (unpaired) electrons. The first-order chi connectivity index (χ1) is 13.3. The van der Waals surface area contributed by atoms with Gasteiger partial charge in [-0.2, -0.15) is 4.39 Å². The summed E-state index contributed by atoms with van der Waals surface area (Å²) in [4.78, 5) is 26.5. The van der Waals surface area contributed by atoms with Crippen LogP contribution in [-0.4, -0.2) is 26.1 Å². The van der Waals surface area contributed by atoms with Crippen LogP contribution in [0.4, 0.5) is 15.8 Å². The fraction of sp³-hybridized carbons (Fsp3) is 0.158. The molecule has 1 amide bonds. The van der Waals surface area contributed by atoms with Crippen molar-refractivity contribution in [3.8, 4) is 5.69 Å². The minimum atomic E-state index is -0.951. The Labute approximate surface area is 164 Å². The monoisotopic (exact) mass is 400 g/mol. The predicted octanol–water partition coefficient (Wildman–Crippen LogP) is 4.27. The van der Waals surface area contributed by atoms with Crippen LogP contribution >= 0.6 is 11.8 Å². The first-order valence-corrected chi connectivity index (χ1v) is 9.31. The number of halogens is 1. The summed E-state index contributed by atoms with van der Waals surface area (Å²) < 4.78 is 15.3. The Bertz CT molecular complexity index is 1050. The third kappa shape index (κ3) is 4.37. The number of amides is 1. The number of anilines is 1. The minimum absolute atomic E-state index is 0.0487. The first kappa shape index (κ1) is 19.6. The van der Waals surface area contributed by atoms with E-state index in [0.29, 0.717) is 5.16 Å². The fourth-order valence-electron chi connectivity index (χ4n) is 2.62. The van der Waals surface area contributed by atoms with Crippen LogP contribution in [-0.2, 0) is 4.79 Å². The van der Waals surface area contributed by atoms with Crippen molar-refractivity contribution in [3.05, 3.63) is 75.9 Å². The summed E-state index contributed by atoms with van der Waals surface area (Å²) in [6, 6.07) is 9.31. The van der Waals surface area contributed by atoms with Gasteiger partial charge in [-0.1, -0.05) is 23.9 Å². The van der Waals surface area contributed by atoms with E-state index in [9.17, 15) is 19.3 Å². The molecule has 0 aliphatic carbocycles. The molecule has 0 saturated heterocycles. The molecule has 7 nitrogen and oxygen atoms in total. The summed E-state index contributed by atoms with van der Waals surface area (Å²) in [6.45, 7) is 4.00. The lowest BCUT2D eigenvalue weighted by Crippen LogP contribution is -2.15. The lowest BCUT2D eigenvalue weighted by atomic mass is 10.1. The molecule has 1 N–H and O–H groups in total. The molecule has 144 valence electrons. The number of thioether (sulfide) groups is 1. The van der Waals surface area contributed by atoms with Crippen LogP contribution in [0.15, 0.2) is 53.9 Å². The van der Waals surface area contributed by atoms with E-state index in [2.05, 4.69) is 10.3 Å². The number of hydrogen-bond donors (Lipinski definition) is 1. The van der Waals surface area contributed by atoms with E-state index in [-0.39, 0.29) is 17.3 Å². The number of nitrogens with one attached hydrogen (secondary N) is 1. The molecule has 0 saturated carbocycles. The molecule has 28 heavy (non-hydrogen) atoms. The molecule has 9 heteroatoms. The van der Waals surface area contributed by atoms with Crippen molar-refractivity contribution in [2.75, 3.05) is 11.1 Å². The van der Waals surface area contributed by atoms with Crippen LogP contribution in [0.3, 0.4) is 0 Å². The van der Waals surface area contributed by atoms with E-state index in [4.69, 9.17) is 0 Å². The molecule has 0 fully saturated rings. The fourth-order valence-corrected chi connectivity index (χ4v) is 3.38.